The zero-order valence-corrected chi connectivity index (χ0v) is 11.9. The Morgan fingerprint density at radius 2 is 1.73 bits per heavy atom. The van der Waals surface area contributed by atoms with Gasteiger partial charge in [-0.15, -0.1) is 0 Å². The van der Waals surface area contributed by atoms with Crippen LogP contribution in [-0.2, 0) is 9.59 Å². The van der Waals surface area contributed by atoms with Crippen LogP contribution < -0.4 is 4.90 Å². The Morgan fingerprint density at radius 1 is 1.14 bits per heavy atom. The number of carbonyl (C=O) groups excluding carboxylic acids is 2. The van der Waals surface area contributed by atoms with Crippen molar-refractivity contribution in [2.45, 2.75) is 13.3 Å². The van der Waals surface area contributed by atoms with Gasteiger partial charge in [-0.3, -0.25) is 19.7 Å². The van der Waals surface area contributed by atoms with Crippen LogP contribution in [0.2, 0.25) is 0 Å². The molecule has 0 radical (unpaired) electrons. The van der Waals surface area contributed by atoms with Crippen molar-refractivity contribution >= 4 is 23.2 Å². The van der Waals surface area contributed by atoms with Gasteiger partial charge in [0.05, 0.1) is 22.4 Å². The molecule has 6 nitrogen and oxygen atoms in total. The number of anilines is 1. The number of imide groups is 1. The number of non-ortho nitro benzene ring substituents is 1. The van der Waals surface area contributed by atoms with E-state index in [1.54, 1.807) is 13.0 Å². The van der Waals surface area contributed by atoms with Crippen molar-refractivity contribution in [1.29, 1.82) is 0 Å². The number of amides is 2. The van der Waals surface area contributed by atoms with Gasteiger partial charge in [-0.2, -0.15) is 0 Å². The van der Waals surface area contributed by atoms with E-state index in [1.165, 1.54) is 17.0 Å². The van der Waals surface area contributed by atoms with Gasteiger partial charge in [0, 0.05) is 12.1 Å². The molecule has 3 aliphatic rings. The molecular weight excluding hydrogens is 284 g/mol. The van der Waals surface area contributed by atoms with Crippen LogP contribution in [-0.4, -0.2) is 16.7 Å². The number of carbonyl (C=O) groups is 2. The molecule has 6 heteroatoms. The normalized spacial score (nSPS) is 32.0. The second kappa shape index (κ2) is 4.25. The summed E-state index contributed by atoms with van der Waals surface area (Å²) in [6.07, 6.45) is 4.93. The monoisotopic (exact) mass is 298 g/mol. The van der Waals surface area contributed by atoms with E-state index in [4.69, 9.17) is 0 Å². The highest BCUT2D eigenvalue weighted by Crippen LogP contribution is 2.53. The maximum atomic E-state index is 12.7. The highest BCUT2D eigenvalue weighted by atomic mass is 16.6. The average molecular weight is 298 g/mol. The molecule has 1 saturated heterocycles. The predicted octanol–water partition coefficient (Wildman–Crippen LogP) is 2.21. The minimum Gasteiger partial charge on any atom is -0.274 e. The number of nitro benzene ring substituents is 1. The smallest absolute Gasteiger partial charge is 0.271 e. The molecule has 0 spiro atoms. The Kier molecular flexibility index (Phi) is 2.55. The molecule has 2 bridgehead atoms. The van der Waals surface area contributed by atoms with E-state index in [2.05, 4.69) is 0 Å². The van der Waals surface area contributed by atoms with Gasteiger partial charge < -0.3 is 0 Å². The SMILES string of the molecule is Cc1ccc([N+](=O)[O-])cc1N1C(=O)[C@@H]2[C@@H](C1=O)[C@H]1C=C[C@@H]2C1. The van der Waals surface area contributed by atoms with Crippen molar-refractivity contribution in [3.63, 3.8) is 0 Å². The summed E-state index contributed by atoms with van der Waals surface area (Å²) in [6.45, 7) is 1.75. The maximum absolute atomic E-state index is 12.7. The summed E-state index contributed by atoms with van der Waals surface area (Å²) in [7, 11) is 0. The molecule has 4 rings (SSSR count). The van der Waals surface area contributed by atoms with Crippen molar-refractivity contribution in [2.75, 3.05) is 4.90 Å². The maximum Gasteiger partial charge on any atom is 0.271 e. The lowest BCUT2D eigenvalue weighted by Gasteiger charge is -2.19. The van der Waals surface area contributed by atoms with Crippen molar-refractivity contribution in [2.24, 2.45) is 23.7 Å². The summed E-state index contributed by atoms with van der Waals surface area (Å²) in [6, 6.07) is 4.28. The average Bonchev–Trinajstić information content (AvgIpc) is 3.14. The van der Waals surface area contributed by atoms with Gasteiger partial charge in [0.15, 0.2) is 0 Å². The van der Waals surface area contributed by atoms with Crippen molar-refractivity contribution in [3.8, 4) is 0 Å². The predicted molar refractivity (Wildman–Crippen MR) is 78.0 cm³/mol. The second-order valence-corrected chi connectivity index (χ2v) is 6.24. The first kappa shape index (κ1) is 13.2. The molecule has 1 heterocycles. The quantitative estimate of drug-likeness (QED) is 0.363. The molecule has 2 aliphatic carbocycles. The summed E-state index contributed by atoms with van der Waals surface area (Å²) in [4.78, 5) is 37.1. The minimum atomic E-state index is -0.514. The van der Waals surface area contributed by atoms with Gasteiger partial charge in [0.1, 0.15) is 0 Å². The van der Waals surface area contributed by atoms with Crippen LogP contribution in [0.3, 0.4) is 0 Å². The third kappa shape index (κ3) is 1.55. The van der Waals surface area contributed by atoms with E-state index in [9.17, 15) is 19.7 Å². The summed E-state index contributed by atoms with van der Waals surface area (Å²) >= 11 is 0. The number of benzene rings is 1. The second-order valence-electron chi connectivity index (χ2n) is 6.24. The van der Waals surface area contributed by atoms with E-state index in [1.807, 2.05) is 12.2 Å². The molecule has 0 unspecified atom stereocenters. The standard InChI is InChI=1S/C16H14N2O4/c1-8-2-5-11(18(21)22)7-12(8)17-15(19)13-9-3-4-10(6-9)14(13)16(17)20/h2-5,7,9-10,13-14H,6H2,1H3/t9-,10+,13-,14-/m0/s1. The number of hydrogen-bond acceptors (Lipinski definition) is 4. The fourth-order valence-electron chi connectivity index (χ4n) is 4.09. The summed E-state index contributed by atoms with van der Waals surface area (Å²) in [5.41, 5.74) is 0.921. The largest absolute Gasteiger partial charge is 0.274 e. The zero-order chi connectivity index (χ0) is 15.6. The molecule has 1 saturated carbocycles. The molecule has 1 aliphatic heterocycles. The number of fused-ring (bicyclic) bond motifs is 5. The molecule has 0 N–H and O–H groups in total. The Bertz CT molecular complexity index is 725. The lowest BCUT2D eigenvalue weighted by molar-refractivity contribution is -0.384. The topological polar surface area (TPSA) is 80.5 Å². The molecule has 2 amide bonds. The number of hydrogen-bond donors (Lipinski definition) is 0. The Balaban J connectivity index is 1.79. The minimum absolute atomic E-state index is 0.112. The first-order valence-electron chi connectivity index (χ1n) is 7.30. The van der Waals surface area contributed by atoms with Crippen LogP contribution >= 0.6 is 0 Å². The van der Waals surface area contributed by atoms with Crippen LogP contribution in [0.15, 0.2) is 30.4 Å². The number of allylic oxidation sites excluding steroid dienone is 2. The van der Waals surface area contributed by atoms with Gasteiger partial charge in [0.2, 0.25) is 11.8 Å². The van der Waals surface area contributed by atoms with E-state index in [0.29, 0.717) is 11.3 Å². The van der Waals surface area contributed by atoms with Crippen LogP contribution in [0, 0.1) is 40.7 Å². The van der Waals surface area contributed by atoms with Crippen molar-refractivity contribution in [1.82, 2.24) is 0 Å². The Hall–Kier alpha value is -2.50. The van der Waals surface area contributed by atoms with Gasteiger partial charge in [-0.05, 0) is 30.7 Å². The molecule has 1 aromatic rings. The Morgan fingerprint density at radius 3 is 2.27 bits per heavy atom. The zero-order valence-electron chi connectivity index (χ0n) is 11.9. The van der Waals surface area contributed by atoms with Crippen LogP contribution in [0.5, 0.6) is 0 Å². The molecule has 4 atom stereocenters. The lowest BCUT2D eigenvalue weighted by Crippen LogP contribution is -2.33. The van der Waals surface area contributed by atoms with E-state index in [0.717, 1.165) is 6.42 Å². The van der Waals surface area contributed by atoms with E-state index >= 15 is 0 Å². The van der Waals surface area contributed by atoms with Gasteiger partial charge in [0.25, 0.3) is 5.69 Å². The van der Waals surface area contributed by atoms with Crippen LogP contribution in [0.25, 0.3) is 0 Å². The number of nitro groups is 1. The molecular formula is C16H14N2O4. The summed E-state index contributed by atoms with van der Waals surface area (Å²) < 4.78 is 0. The van der Waals surface area contributed by atoms with Gasteiger partial charge >= 0.3 is 0 Å². The molecule has 0 aromatic heterocycles. The van der Waals surface area contributed by atoms with Gasteiger partial charge in [-0.1, -0.05) is 18.2 Å². The highest BCUT2D eigenvalue weighted by molar-refractivity contribution is 6.23. The Labute approximate surface area is 126 Å². The van der Waals surface area contributed by atoms with Gasteiger partial charge in [-0.25, -0.2) is 4.90 Å². The molecule has 112 valence electrons. The fourth-order valence-corrected chi connectivity index (χ4v) is 4.09. The molecule has 22 heavy (non-hydrogen) atoms. The molecule has 2 fully saturated rings. The molecule has 1 aromatic carbocycles. The number of nitrogens with zero attached hydrogens (tertiary/aromatic N) is 2. The first-order chi connectivity index (χ1) is 10.5. The van der Waals surface area contributed by atoms with Crippen LogP contribution in [0.4, 0.5) is 11.4 Å². The van der Waals surface area contributed by atoms with E-state index in [-0.39, 0.29) is 41.2 Å². The summed E-state index contributed by atoms with van der Waals surface area (Å²) in [5.74, 6) is -0.737. The van der Waals surface area contributed by atoms with Crippen molar-refractivity contribution in [3.05, 3.63) is 46.0 Å². The lowest BCUT2D eigenvalue weighted by atomic mass is 9.85. The summed E-state index contributed by atoms with van der Waals surface area (Å²) in [5, 5.41) is 11.0. The third-order valence-electron chi connectivity index (χ3n) is 5.11. The highest BCUT2D eigenvalue weighted by Gasteiger charge is 2.59. The van der Waals surface area contributed by atoms with Crippen molar-refractivity contribution < 1.29 is 14.5 Å². The van der Waals surface area contributed by atoms with E-state index < -0.39 is 4.92 Å². The number of rotatable bonds is 2. The van der Waals surface area contributed by atoms with Crippen LogP contribution in [0.1, 0.15) is 12.0 Å². The number of aryl methyl sites for hydroxylation is 1. The third-order valence-corrected chi connectivity index (χ3v) is 5.11. The fraction of sp³-hybridized carbons (Fsp3) is 0.375. The first-order valence-corrected chi connectivity index (χ1v) is 7.30.